The molecule has 3 fully saturated rings. The van der Waals surface area contributed by atoms with E-state index in [1.54, 1.807) is 0 Å². The van der Waals surface area contributed by atoms with E-state index in [-0.39, 0.29) is 16.1 Å². The quantitative estimate of drug-likeness (QED) is 0.281. The van der Waals surface area contributed by atoms with Crippen molar-refractivity contribution in [2.24, 2.45) is 0 Å². The van der Waals surface area contributed by atoms with Crippen LogP contribution in [0.5, 0.6) is 5.75 Å². The third-order valence-electron chi connectivity index (χ3n) is 8.35. The predicted octanol–water partition coefficient (Wildman–Crippen LogP) is 9.42. The zero-order chi connectivity index (χ0) is 22.6. The van der Waals surface area contributed by atoms with Crippen molar-refractivity contribution in [1.82, 2.24) is 0 Å². The van der Waals surface area contributed by atoms with E-state index in [0.717, 1.165) is 29.9 Å². The van der Waals surface area contributed by atoms with Crippen molar-refractivity contribution in [2.75, 3.05) is 0 Å². The van der Waals surface area contributed by atoms with Crippen molar-refractivity contribution < 1.29 is 4.74 Å². The first-order chi connectivity index (χ1) is 15.5. The third-order valence-corrected chi connectivity index (χ3v) is 16.5. The summed E-state index contributed by atoms with van der Waals surface area (Å²) in [6.45, 7) is 2.50. The van der Waals surface area contributed by atoms with Crippen LogP contribution in [0.4, 0.5) is 0 Å². The smallest absolute Gasteiger partial charge is 0.126 e. The van der Waals surface area contributed by atoms with E-state index < -0.39 is 6.89 Å². The molecular formula is C28H43Cl2OP. The number of rotatable bonds is 6. The van der Waals surface area contributed by atoms with Crippen LogP contribution in [0.15, 0.2) is 24.3 Å². The van der Waals surface area contributed by atoms with Gasteiger partial charge >= 0.3 is 0 Å². The monoisotopic (exact) mass is 496 g/mol. The molecule has 1 nitrogen and oxygen atoms in total. The Morgan fingerprint density at radius 2 is 1.44 bits per heavy atom. The molecule has 2 unspecified atom stereocenters. The second kappa shape index (κ2) is 11.1. The van der Waals surface area contributed by atoms with E-state index >= 15 is 0 Å². The van der Waals surface area contributed by atoms with Crippen molar-refractivity contribution in [2.45, 2.75) is 131 Å². The highest BCUT2D eigenvalue weighted by Crippen LogP contribution is 2.76. The highest BCUT2D eigenvalue weighted by Gasteiger charge is 2.54. The first-order valence-electron chi connectivity index (χ1n) is 13.3. The van der Waals surface area contributed by atoms with Crippen molar-refractivity contribution in [3.8, 4) is 5.75 Å². The van der Waals surface area contributed by atoms with Gasteiger partial charge < -0.3 is 4.74 Å². The second-order valence-electron chi connectivity index (χ2n) is 10.8. The molecule has 32 heavy (non-hydrogen) atoms. The minimum Gasteiger partial charge on any atom is -0.490 e. The number of alkyl halides is 2. The lowest BCUT2D eigenvalue weighted by Gasteiger charge is -2.56. The number of hydrogen-bond acceptors (Lipinski definition) is 1. The minimum atomic E-state index is -1.75. The van der Waals surface area contributed by atoms with Gasteiger partial charge in [0.2, 0.25) is 0 Å². The van der Waals surface area contributed by atoms with Crippen LogP contribution in [0.3, 0.4) is 0 Å². The highest BCUT2D eigenvalue weighted by molar-refractivity contribution is 7.79. The molecular weight excluding hydrogens is 454 g/mol. The zero-order valence-corrected chi connectivity index (χ0v) is 22.6. The number of halogens is 2. The molecule has 0 N–H and O–H groups in total. The van der Waals surface area contributed by atoms with Gasteiger partial charge in [0.25, 0.3) is 0 Å². The van der Waals surface area contributed by atoms with Crippen molar-refractivity contribution in [3.05, 3.63) is 29.8 Å². The number of para-hydroxylation sites is 1. The van der Waals surface area contributed by atoms with Gasteiger partial charge in [-0.2, -0.15) is 0 Å². The molecule has 0 saturated heterocycles. The lowest BCUT2D eigenvalue weighted by atomic mass is 9.98. The molecule has 0 radical (unpaired) electrons. The lowest BCUT2D eigenvalue weighted by Crippen LogP contribution is -2.44. The van der Waals surface area contributed by atoms with Crippen LogP contribution in [0.1, 0.15) is 109 Å². The molecule has 4 rings (SSSR count). The molecule has 3 saturated carbocycles. The normalized spacial score (nSPS) is 28.6. The zero-order valence-electron chi connectivity index (χ0n) is 20.2. The Hall–Kier alpha value is -0.100. The predicted molar refractivity (Wildman–Crippen MR) is 145 cm³/mol. The standard InChI is InChI=1S/C28H43Cl2OP/c1-22(2)31-26-18-10-9-13-23(26)21-32(24-14-5-3-6-15-24,25-16-7-4-8-17-25)28(30)20-12-11-19-27(28)29/h9-10,13,18,21-22,24-25,27H,3-8,11-12,14-17,19-20H2,1-2H3. The molecule has 0 spiro atoms. The van der Waals surface area contributed by atoms with E-state index in [1.165, 1.54) is 82.6 Å². The summed E-state index contributed by atoms with van der Waals surface area (Å²) in [5.41, 5.74) is 2.73. The van der Waals surface area contributed by atoms with Gasteiger partial charge in [-0.25, -0.2) is 0 Å². The summed E-state index contributed by atoms with van der Waals surface area (Å²) in [5.74, 6) is 3.75. The van der Waals surface area contributed by atoms with Gasteiger partial charge in [-0.3, -0.25) is 0 Å². The fraction of sp³-hybridized carbons (Fsp3) is 0.750. The average molecular weight is 498 g/mol. The molecule has 0 bridgehead atoms. The van der Waals surface area contributed by atoms with Gasteiger partial charge in [0.15, 0.2) is 0 Å². The second-order valence-corrected chi connectivity index (χ2v) is 16.4. The van der Waals surface area contributed by atoms with Crippen LogP contribution in [0.2, 0.25) is 0 Å². The van der Waals surface area contributed by atoms with Crippen LogP contribution in [0.25, 0.3) is 0 Å². The minimum absolute atomic E-state index is 0.0875. The fourth-order valence-electron chi connectivity index (χ4n) is 6.93. The summed E-state index contributed by atoms with van der Waals surface area (Å²) in [7, 11) is 0. The van der Waals surface area contributed by atoms with E-state index in [4.69, 9.17) is 27.9 Å². The summed E-state index contributed by atoms with van der Waals surface area (Å²) in [5, 5.41) is 0.0875. The van der Waals surface area contributed by atoms with Gasteiger partial charge in [0.05, 0.1) is 16.1 Å². The van der Waals surface area contributed by atoms with Gasteiger partial charge in [-0.05, 0) is 69.8 Å². The number of benzene rings is 1. The fourth-order valence-corrected chi connectivity index (χ4v) is 15.6. The van der Waals surface area contributed by atoms with Gasteiger partial charge in [0.1, 0.15) is 5.75 Å². The van der Waals surface area contributed by atoms with Crippen LogP contribution in [0, 0.1) is 0 Å². The maximum Gasteiger partial charge on any atom is 0.126 e. The molecule has 0 aromatic heterocycles. The average Bonchev–Trinajstić information content (AvgIpc) is 2.81. The highest BCUT2D eigenvalue weighted by atomic mass is 35.5. The number of hydrogen-bond donors (Lipinski definition) is 0. The Kier molecular flexibility index (Phi) is 8.67. The van der Waals surface area contributed by atoms with E-state index in [2.05, 4.69) is 43.9 Å². The van der Waals surface area contributed by atoms with Gasteiger partial charge in [-0.1, -0.05) is 82.2 Å². The molecule has 3 aliphatic carbocycles. The van der Waals surface area contributed by atoms with Crippen LogP contribution in [-0.4, -0.2) is 33.2 Å². The molecule has 1 aromatic carbocycles. The van der Waals surface area contributed by atoms with Crippen molar-refractivity contribution >= 4 is 35.9 Å². The summed E-state index contributed by atoms with van der Waals surface area (Å²) in [6.07, 6.45) is 18.3. The summed E-state index contributed by atoms with van der Waals surface area (Å²) >= 11 is 15.2. The summed E-state index contributed by atoms with van der Waals surface area (Å²) < 4.78 is 6.06. The summed E-state index contributed by atoms with van der Waals surface area (Å²) in [6, 6.07) is 8.72. The SMILES string of the molecule is CC(C)Oc1ccccc1C=P(C1CCCCC1)(C1CCCCC1)C1(Cl)CCCCC1Cl. The molecule has 0 heterocycles. The molecule has 2 atom stereocenters. The van der Waals surface area contributed by atoms with Crippen LogP contribution < -0.4 is 4.74 Å². The first-order valence-corrected chi connectivity index (χ1v) is 16.1. The molecule has 180 valence electrons. The topological polar surface area (TPSA) is 9.23 Å². The molecule has 0 aliphatic heterocycles. The Labute approximate surface area is 207 Å². The van der Waals surface area contributed by atoms with Gasteiger partial charge in [-0.15, -0.1) is 23.2 Å². The molecule has 1 aromatic rings. The lowest BCUT2D eigenvalue weighted by molar-refractivity contribution is 0.242. The Morgan fingerprint density at radius 1 is 0.875 bits per heavy atom. The Morgan fingerprint density at radius 3 is 2.00 bits per heavy atom. The van der Waals surface area contributed by atoms with E-state index in [0.29, 0.717) is 0 Å². The van der Waals surface area contributed by atoms with Crippen LogP contribution >= 0.6 is 30.1 Å². The molecule has 0 amide bonds. The first kappa shape index (κ1) is 25.0. The van der Waals surface area contributed by atoms with Crippen LogP contribution in [-0.2, 0) is 0 Å². The maximum atomic E-state index is 7.97. The third kappa shape index (κ3) is 4.97. The molecule has 4 heteroatoms. The largest absolute Gasteiger partial charge is 0.490 e. The van der Waals surface area contributed by atoms with Gasteiger partial charge in [0, 0.05) is 5.56 Å². The maximum absolute atomic E-state index is 7.97. The summed E-state index contributed by atoms with van der Waals surface area (Å²) in [4.78, 5) is 0. The van der Waals surface area contributed by atoms with E-state index in [1.807, 2.05) is 0 Å². The Balaban J connectivity index is 1.95. The Bertz CT molecular complexity index is 772. The van der Waals surface area contributed by atoms with Crippen molar-refractivity contribution in [3.63, 3.8) is 0 Å². The molecule has 3 aliphatic rings. The van der Waals surface area contributed by atoms with E-state index in [9.17, 15) is 0 Å². The van der Waals surface area contributed by atoms with Crippen molar-refractivity contribution in [1.29, 1.82) is 0 Å². The number of ether oxygens (including phenoxy) is 1.